The average molecular weight is 458 g/mol. The van der Waals surface area contributed by atoms with E-state index in [0.29, 0.717) is 33.6 Å². The summed E-state index contributed by atoms with van der Waals surface area (Å²) in [7, 11) is 0. The van der Waals surface area contributed by atoms with E-state index in [1.54, 1.807) is 11.4 Å². The molecule has 4 rings (SSSR count). The van der Waals surface area contributed by atoms with Crippen LogP contribution in [0.2, 0.25) is 0 Å². The zero-order valence-corrected chi connectivity index (χ0v) is 17.7. The standard InChI is InChI=1S/C19H19N7O3S2/c1-2-9-3-14(11(4-20)24-5-9)31-18-16(27)15(17-13(29-18)7-28-17)26(23)6-10(21)12-8-30-19(22)25-12/h1,3,5-6,8,13,15-18,27H,7,21,23H2,(H2,22,25)/b10-6-. The summed E-state index contributed by atoms with van der Waals surface area (Å²) < 4.78 is 11.6. The minimum absolute atomic E-state index is 0.193. The lowest BCUT2D eigenvalue weighted by Gasteiger charge is -2.52. The molecule has 2 aromatic heterocycles. The van der Waals surface area contributed by atoms with Crippen LogP contribution in [0, 0.1) is 23.7 Å². The van der Waals surface area contributed by atoms with Crippen molar-refractivity contribution in [2.24, 2.45) is 11.6 Å². The highest BCUT2D eigenvalue weighted by atomic mass is 32.2. The van der Waals surface area contributed by atoms with Gasteiger partial charge in [-0.2, -0.15) is 5.26 Å². The van der Waals surface area contributed by atoms with Crippen molar-refractivity contribution in [1.82, 2.24) is 15.0 Å². The van der Waals surface area contributed by atoms with Crippen molar-refractivity contribution in [3.8, 4) is 18.4 Å². The van der Waals surface area contributed by atoms with Crippen LogP contribution in [0.1, 0.15) is 17.0 Å². The Kier molecular flexibility index (Phi) is 6.02. The number of nitriles is 1. The maximum atomic E-state index is 11.1. The fourth-order valence-corrected chi connectivity index (χ4v) is 5.05. The Balaban J connectivity index is 1.57. The van der Waals surface area contributed by atoms with Gasteiger partial charge in [0.15, 0.2) is 10.8 Å². The van der Waals surface area contributed by atoms with E-state index >= 15 is 0 Å². The molecule has 0 aliphatic carbocycles. The van der Waals surface area contributed by atoms with E-state index in [1.165, 1.54) is 28.7 Å². The third-order valence-corrected chi connectivity index (χ3v) is 6.77. The molecule has 160 valence electrons. The van der Waals surface area contributed by atoms with Crippen LogP contribution in [0.15, 0.2) is 28.7 Å². The van der Waals surface area contributed by atoms with Gasteiger partial charge in [-0.3, -0.25) is 0 Å². The highest BCUT2D eigenvalue weighted by molar-refractivity contribution is 7.99. The molecule has 2 aliphatic rings. The number of hydrogen-bond acceptors (Lipinski definition) is 12. The topological polar surface area (TPSA) is 170 Å². The van der Waals surface area contributed by atoms with Gasteiger partial charge in [0.05, 0.1) is 12.3 Å². The molecule has 0 radical (unpaired) electrons. The number of rotatable bonds is 5. The van der Waals surface area contributed by atoms with Crippen LogP contribution in [-0.2, 0) is 9.47 Å². The first-order valence-corrected chi connectivity index (χ1v) is 10.9. The van der Waals surface area contributed by atoms with Gasteiger partial charge in [0.1, 0.15) is 41.6 Å². The fourth-order valence-electron chi connectivity index (χ4n) is 3.33. The molecular formula is C19H19N7O3S2. The van der Waals surface area contributed by atoms with Crippen LogP contribution in [-0.4, -0.2) is 56.5 Å². The molecule has 0 spiro atoms. The van der Waals surface area contributed by atoms with Crippen molar-refractivity contribution in [2.75, 3.05) is 12.3 Å². The molecule has 2 fully saturated rings. The summed E-state index contributed by atoms with van der Waals surface area (Å²) in [5.41, 5.74) is 12.5. The molecular weight excluding hydrogens is 438 g/mol. The Morgan fingerprint density at radius 1 is 1.52 bits per heavy atom. The number of hydrogen-bond donors (Lipinski definition) is 4. The Bertz CT molecular complexity index is 1090. The third-order valence-electron chi connectivity index (χ3n) is 4.91. The second kappa shape index (κ2) is 8.72. The summed E-state index contributed by atoms with van der Waals surface area (Å²) in [5, 5.41) is 23.8. The van der Waals surface area contributed by atoms with Gasteiger partial charge in [0, 0.05) is 28.2 Å². The number of pyridine rings is 1. The molecule has 12 heteroatoms. The molecule has 31 heavy (non-hydrogen) atoms. The Hall–Kier alpha value is -2.84. The van der Waals surface area contributed by atoms with Crippen molar-refractivity contribution in [3.63, 3.8) is 0 Å². The van der Waals surface area contributed by atoms with Gasteiger partial charge in [0.2, 0.25) is 0 Å². The Morgan fingerprint density at radius 2 is 2.32 bits per heavy atom. The summed E-state index contributed by atoms with van der Waals surface area (Å²) in [6, 6.07) is 3.04. The van der Waals surface area contributed by atoms with Crippen LogP contribution in [0.4, 0.5) is 5.13 Å². The van der Waals surface area contributed by atoms with Crippen molar-refractivity contribution < 1.29 is 14.6 Å². The number of nitrogens with two attached hydrogens (primary N) is 3. The van der Waals surface area contributed by atoms with Gasteiger partial charge < -0.3 is 31.1 Å². The fraction of sp³-hybridized carbons (Fsp3) is 0.316. The zero-order chi connectivity index (χ0) is 22.1. The quantitative estimate of drug-likeness (QED) is 0.272. The number of hydrazine groups is 1. The molecule has 2 saturated heterocycles. The number of aliphatic hydroxyl groups excluding tert-OH is 1. The summed E-state index contributed by atoms with van der Waals surface area (Å²) >= 11 is 2.42. The van der Waals surface area contributed by atoms with Gasteiger partial charge in [-0.15, -0.1) is 17.8 Å². The first kappa shape index (κ1) is 21.4. The predicted molar refractivity (Wildman–Crippen MR) is 116 cm³/mol. The first-order valence-electron chi connectivity index (χ1n) is 9.11. The van der Waals surface area contributed by atoms with Crippen LogP contribution >= 0.6 is 23.1 Å². The normalized spacial score (nSPS) is 27.5. The van der Waals surface area contributed by atoms with Crippen LogP contribution in [0.3, 0.4) is 0 Å². The smallest absolute Gasteiger partial charge is 0.180 e. The molecule has 0 saturated carbocycles. The molecule has 5 atom stereocenters. The maximum absolute atomic E-state index is 11.1. The minimum atomic E-state index is -1.07. The molecule has 2 aromatic rings. The van der Waals surface area contributed by atoms with Gasteiger partial charge in [-0.1, -0.05) is 17.7 Å². The summed E-state index contributed by atoms with van der Waals surface area (Å²) in [6.07, 6.45) is 6.60. The van der Waals surface area contributed by atoms with E-state index in [4.69, 9.17) is 33.2 Å². The molecule has 10 nitrogen and oxygen atoms in total. The second-order valence-electron chi connectivity index (χ2n) is 6.87. The SMILES string of the molecule is C#Cc1cnc(C#N)c(SC2OC3COC3C(N(N)/C=C(\N)c3csc(N)n3)C2O)c1. The molecule has 4 heterocycles. The second-order valence-corrected chi connectivity index (χ2v) is 8.90. The largest absolute Gasteiger partial charge is 0.396 e. The van der Waals surface area contributed by atoms with E-state index in [2.05, 4.69) is 15.9 Å². The number of thioether (sulfide) groups is 1. The van der Waals surface area contributed by atoms with E-state index in [-0.39, 0.29) is 11.8 Å². The predicted octanol–water partition coefficient (Wildman–Crippen LogP) is 0.0516. The number of nitrogen functional groups attached to an aromatic ring is 1. The number of nitrogens with zero attached hydrogens (tertiary/aromatic N) is 4. The lowest BCUT2D eigenvalue weighted by molar-refractivity contribution is -0.269. The lowest BCUT2D eigenvalue weighted by Crippen LogP contribution is -2.69. The van der Waals surface area contributed by atoms with Crippen molar-refractivity contribution in [1.29, 1.82) is 5.26 Å². The molecule has 0 amide bonds. The van der Waals surface area contributed by atoms with Gasteiger partial charge >= 0.3 is 0 Å². The Labute approximate surface area is 186 Å². The van der Waals surface area contributed by atoms with Gasteiger partial charge in [-0.25, -0.2) is 15.8 Å². The number of aromatic nitrogens is 2. The first-order chi connectivity index (χ1) is 14.9. The van der Waals surface area contributed by atoms with Gasteiger partial charge in [-0.05, 0) is 6.07 Å². The van der Waals surface area contributed by atoms with Crippen molar-refractivity contribution in [3.05, 3.63) is 40.8 Å². The average Bonchev–Trinajstić information content (AvgIpc) is 3.18. The molecule has 7 N–H and O–H groups in total. The lowest BCUT2D eigenvalue weighted by atomic mass is 9.93. The minimum Gasteiger partial charge on any atom is -0.396 e. The van der Waals surface area contributed by atoms with Crippen LogP contribution < -0.4 is 17.3 Å². The highest BCUT2D eigenvalue weighted by Crippen LogP contribution is 2.40. The van der Waals surface area contributed by atoms with Crippen LogP contribution in [0.25, 0.3) is 5.70 Å². The van der Waals surface area contributed by atoms with E-state index in [9.17, 15) is 10.4 Å². The monoisotopic (exact) mass is 457 g/mol. The number of ether oxygens (including phenoxy) is 2. The number of thiazole rings is 1. The molecule has 0 aromatic carbocycles. The van der Waals surface area contributed by atoms with Crippen molar-refractivity contribution in [2.45, 2.75) is 34.7 Å². The maximum Gasteiger partial charge on any atom is 0.180 e. The highest BCUT2D eigenvalue weighted by Gasteiger charge is 2.53. The third kappa shape index (κ3) is 4.18. The number of anilines is 1. The van der Waals surface area contributed by atoms with Crippen molar-refractivity contribution >= 4 is 33.9 Å². The Morgan fingerprint density at radius 3 is 2.94 bits per heavy atom. The van der Waals surface area contributed by atoms with E-state index in [1.807, 2.05) is 6.07 Å². The van der Waals surface area contributed by atoms with E-state index in [0.717, 1.165) is 11.8 Å². The molecule has 0 bridgehead atoms. The van der Waals surface area contributed by atoms with Crippen LogP contribution in [0.5, 0.6) is 0 Å². The summed E-state index contributed by atoms with van der Waals surface area (Å²) in [4.78, 5) is 8.71. The molecule has 5 unspecified atom stereocenters. The summed E-state index contributed by atoms with van der Waals surface area (Å²) in [6.45, 7) is 0.369. The molecule has 2 aliphatic heterocycles. The number of aliphatic hydroxyl groups is 1. The number of fused-ring (bicyclic) bond motifs is 1. The van der Waals surface area contributed by atoms with E-state index < -0.39 is 23.7 Å². The number of terminal acetylenes is 1. The summed E-state index contributed by atoms with van der Waals surface area (Å²) in [5.74, 6) is 8.74. The zero-order valence-electron chi connectivity index (χ0n) is 16.1. The van der Waals surface area contributed by atoms with Gasteiger partial charge in [0.25, 0.3) is 0 Å².